The number of halogens is 1. The number of nitriles is 1. The minimum Gasteiger partial charge on any atom is -0.357 e. The van der Waals surface area contributed by atoms with Crippen LogP contribution in [0, 0.1) is 23.2 Å². The normalized spacial score (nSPS) is 25.4. The van der Waals surface area contributed by atoms with E-state index in [4.69, 9.17) is 5.26 Å². The molecule has 6 rings (SSSR count). The summed E-state index contributed by atoms with van der Waals surface area (Å²) < 4.78 is 29.2. The number of aromatic nitrogens is 1. The van der Waals surface area contributed by atoms with E-state index < -0.39 is 15.6 Å². The third-order valence-electron chi connectivity index (χ3n) is 8.49. The number of sulfonamides is 1. The number of fused-ring (bicyclic) bond motifs is 1. The van der Waals surface area contributed by atoms with E-state index in [-0.39, 0.29) is 33.8 Å². The van der Waals surface area contributed by atoms with E-state index in [0.29, 0.717) is 42.9 Å². The summed E-state index contributed by atoms with van der Waals surface area (Å²) >= 11 is 4.53. The first-order chi connectivity index (χ1) is 21.0. The summed E-state index contributed by atoms with van der Waals surface area (Å²) in [7, 11) is -3.64. The summed E-state index contributed by atoms with van der Waals surface area (Å²) in [6.45, 7) is 4.57. The second-order valence-electron chi connectivity index (χ2n) is 11.7. The first kappa shape index (κ1) is 30.4. The largest absolute Gasteiger partial charge is 0.357 e. The molecular weight excluding hydrogens is 662 g/mol. The fraction of sp³-hybridized carbons (Fsp3) is 0.312. The molecule has 1 amide bonds. The highest BCUT2D eigenvalue weighted by Crippen LogP contribution is 2.53. The van der Waals surface area contributed by atoms with Gasteiger partial charge in [-0.25, -0.2) is 8.42 Å². The van der Waals surface area contributed by atoms with Crippen LogP contribution in [0.15, 0.2) is 92.5 Å². The number of hydrogen-bond donors (Lipinski definition) is 1. The number of ketones is 1. The number of pyridine rings is 1. The van der Waals surface area contributed by atoms with Gasteiger partial charge in [-0.2, -0.15) is 9.57 Å². The quantitative estimate of drug-likeness (QED) is 0.193. The molecule has 0 bridgehead atoms. The van der Waals surface area contributed by atoms with Crippen LogP contribution in [0.3, 0.4) is 0 Å². The lowest BCUT2D eigenvalue weighted by atomic mass is 9.87. The molecule has 1 N–H and O–H groups in total. The van der Waals surface area contributed by atoms with Gasteiger partial charge in [0, 0.05) is 61.4 Å². The number of nitrogens with one attached hydrogen (secondary N) is 1. The van der Waals surface area contributed by atoms with Crippen molar-refractivity contribution in [3.05, 3.63) is 105 Å². The van der Waals surface area contributed by atoms with Crippen LogP contribution in [-0.4, -0.2) is 59.0 Å². The predicted octanol–water partition coefficient (Wildman–Crippen LogP) is 4.89. The second kappa shape index (κ2) is 11.7. The number of carbonyl (C=O) groups excluding carboxylic acids is 2. The summed E-state index contributed by atoms with van der Waals surface area (Å²) in [5, 5.41) is 12.6. The summed E-state index contributed by atoms with van der Waals surface area (Å²) in [6.07, 6.45) is 7.66. The van der Waals surface area contributed by atoms with Gasteiger partial charge in [-0.1, -0.05) is 11.6 Å². The Morgan fingerprint density at radius 3 is 2.41 bits per heavy atom. The molecule has 0 radical (unpaired) electrons. The van der Waals surface area contributed by atoms with Crippen molar-refractivity contribution in [2.24, 2.45) is 11.8 Å². The topological polar surface area (TPSA) is 123 Å². The molecule has 2 saturated heterocycles. The van der Waals surface area contributed by atoms with Crippen LogP contribution in [0.1, 0.15) is 41.8 Å². The number of hydrogen-bond acceptors (Lipinski definition) is 8. The molecule has 9 nitrogen and oxygen atoms in total. The predicted molar refractivity (Wildman–Crippen MR) is 170 cm³/mol. The molecule has 44 heavy (non-hydrogen) atoms. The number of benzene rings is 1. The van der Waals surface area contributed by atoms with Gasteiger partial charge in [0.2, 0.25) is 0 Å². The minimum absolute atomic E-state index is 0.0486. The van der Waals surface area contributed by atoms with Gasteiger partial charge in [0.15, 0.2) is 5.78 Å². The average Bonchev–Trinajstić information content (AvgIpc) is 3.35. The lowest BCUT2D eigenvalue weighted by molar-refractivity contribution is -0.132. The zero-order chi connectivity index (χ0) is 31.2. The number of rotatable bonds is 9. The molecule has 3 unspecified atom stereocenters. The Labute approximate surface area is 269 Å². The van der Waals surface area contributed by atoms with Crippen molar-refractivity contribution in [1.29, 1.82) is 5.26 Å². The van der Waals surface area contributed by atoms with Crippen molar-refractivity contribution < 1.29 is 18.0 Å². The van der Waals surface area contributed by atoms with Crippen LogP contribution in [0.25, 0.3) is 0 Å². The van der Waals surface area contributed by atoms with Crippen molar-refractivity contribution in [2.45, 2.75) is 42.5 Å². The van der Waals surface area contributed by atoms with Gasteiger partial charge in [0.25, 0.3) is 15.9 Å². The Morgan fingerprint density at radius 2 is 1.82 bits per heavy atom. The van der Waals surface area contributed by atoms with Gasteiger partial charge in [-0.15, -0.1) is 11.3 Å². The summed E-state index contributed by atoms with van der Waals surface area (Å²) in [4.78, 5) is 33.9. The Kier molecular flexibility index (Phi) is 8.09. The van der Waals surface area contributed by atoms with Gasteiger partial charge in [-0.3, -0.25) is 19.5 Å². The maximum absolute atomic E-state index is 14.6. The van der Waals surface area contributed by atoms with Gasteiger partial charge < -0.3 is 5.32 Å². The van der Waals surface area contributed by atoms with Gasteiger partial charge in [-0.05, 0) is 90.3 Å². The van der Waals surface area contributed by atoms with E-state index in [2.05, 4.69) is 32.3 Å². The average molecular weight is 693 g/mol. The van der Waals surface area contributed by atoms with E-state index in [1.54, 1.807) is 53.7 Å². The fourth-order valence-corrected chi connectivity index (χ4v) is 9.85. The third-order valence-corrected chi connectivity index (χ3v) is 12.4. The molecule has 12 heteroatoms. The first-order valence-corrected chi connectivity index (χ1v) is 17.2. The summed E-state index contributed by atoms with van der Waals surface area (Å²) in [5.74, 6) is -0.117. The molecule has 3 fully saturated rings. The van der Waals surface area contributed by atoms with Crippen molar-refractivity contribution in [1.82, 2.24) is 19.5 Å². The summed E-state index contributed by atoms with van der Waals surface area (Å²) in [5.41, 5.74) is 1.80. The van der Waals surface area contributed by atoms with Gasteiger partial charge in [0.05, 0.1) is 15.4 Å². The molecule has 226 valence electrons. The Balaban J connectivity index is 1.33. The summed E-state index contributed by atoms with van der Waals surface area (Å²) in [6, 6.07) is 15.3. The van der Waals surface area contributed by atoms with Crippen LogP contribution in [-0.2, 0) is 21.2 Å². The first-order valence-electron chi connectivity index (χ1n) is 14.2. The molecule has 1 aromatic carbocycles. The van der Waals surface area contributed by atoms with Crippen LogP contribution in [0.5, 0.6) is 0 Å². The Morgan fingerprint density at radius 1 is 1.14 bits per heavy atom. The second-order valence-corrected chi connectivity index (χ2v) is 16.3. The van der Waals surface area contributed by atoms with Crippen molar-refractivity contribution in [3.63, 3.8) is 0 Å². The number of piperidine rings is 1. The lowest BCUT2D eigenvalue weighted by Gasteiger charge is -2.27. The van der Waals surface area contributed by atoms with Crippen molar-refractivity contribution >= 4 is 49.0 Å². The molecule has 2 aromatic heterocycles. The SMILES string of the molecule is CC(C)=CCC1(Cc2ccncc2)NC(=CC(=O)c2ccc(C#N)cc2)N(C2C3CN(S(=O)(=O)c4ccc(Br)s4)CC32)C1=O. The molecule has 4 heterocycles. The number of nitrogens with zero attached hydrogens (tertiary/aromatic N) is 4. The highest BCUT2D eigenvalue weighted by molar-refractivity contribution is 9.11. The van der Waals surface area contributed by atoms with Gasteiger partial charge in [0.1, 0.15) is 15.6 Å². The molecule has 3 aliphatic rings. The third kappa shape index (κ3) is 5.65. The molecule has 0 spiro atoms. The minimum atomic E-state index is -3.64. The van der Waals surface area contributed by atoms with E-state index >= 15 is 0 Å². The molecule has 1 aliphatic carbocycles. The zero-order valence-corrected chi connectivity index (χ0v) is 27.3. The van der Waals surface area contributed by atoms with Crippen LogP contribution < -0.4 is 5.32 Å². The van der Waals surface area contributed by atoms with E-state index in [1.165, 1.54) is 21.7 Å². The van der Waals surface area contributed by atoms with Crippen LogP contribution in [0.2, 0.25) is 0 Å². The molecule has 1 saturated carbocycles. The van der Waals surface area contributed by atoms with E-state index in [9.17, 15) is 18.0 Å². The number of amides is 1. The Bertz CT molecular complexity index is 1820. The molecular formula is C32H30BrN5O4S2. The maximum Gasteiger partial charge on any atom is 0.254 e. The van der Waals surface area contributed by atoms with Crippen molar-refractivity contribution in [3.8, 4) is 6.07 Å². The highest BCUT2D eigenvalue weighted by Gasteiger charge is 2.65. The monoisotopic (exact) mass is 691 g/mol. The fourth-order valence-electron chi connectivity index (χ4n) is 6.17. The standard InChI is InChI=1S/C32H30BrN5O4S2/c1-20(2)9-12-32(16-21-10-13-35-14-11-21)31(40)38(28(36-32)15-26(39)23-5-3-22(17-34)4-6-23)30-24-18-37(19-25(24)30)44(41,42)29-8-7-27(33)43-29/h3-11,13-15,24-25,30,36H,12,16,18-19H2,1-2H3. The van der Waals surface area contributed by atoms with Crippen LogP contribution in [0.4, 0.5) is 0 Å². The number of thiophene rings is 1. The lowest BCUT2D eigenvalue weighted by Crippen LogP contribution is -2.49. The molecule has 3 aromatic rings. The van der Waals surface area contributed by atoms with E-state index in [0.717, 1.165) is 14.9 Å². The van der Waals surface area contributed by atoms with Crippen molar-refractivity contribution in [2.75, 3.05) is 13.1 Å². The van der Waals surface area contributed by atoms with Gasteiger partial charge >= 0.3 is 0 Å². The number of allylic oxidation sites excluding steroid dienone is 2. The Hall–Kier alpha value is -3.63. The highest BCUT2D eigenvalue weighted by atomic mass is 79.9. The smallest absolute Gasteiger partial charge is 0.254 e. The molecule has 3 atom stereocenters. The maximum atomic E-state index is 14.6. The molecule has 2 aliphatic heterocycles. The van der Waals surface area contributed by atoms with E-state index in [1.807, 2.05) is 32.1 Å². The number of carbonyl (C=O) groups is 2. The zero-order valence-electron chi connectivity index (χ0n) is 24.1. The van der Waals surface area contributed by atoms with Crippen LogP contribution >= 0.6 is 27.3 Å².